The normalized spacial score (nSPS) is 10.6. The predicted octanol–water partition coefficient (Wildman–Crippen LogP) is 4.22. The van der Waals surface area contributed by atoms with Gasteiger partial charge in [-0.15, -0.1) is 0 Å². The molecular weight excluding hydrogens is 284 g/mol. The van der Waals surface area contributed by atoms with Crippen LogP contribution in [0.15, 0.2) is 24.3 Å². The largest absolute Gasteiger partial charge is 0.397 e. The first-order valence-electron chi connectivity index (χ1n) is 5.05. The van der Waals surface area contributed by atoms with Crippen molar-refractivity contribution in [2.45, 2.75) is 0 Å². The third-order valence-corrected chi connectivity index (χ3v) is 2.69. The molecule has 19 heavy (non-hydrogen) atoms. The molecule has 0 aliphatic carbocycles. The van der Waals surface area contributed by atoms with Crippen LogP contribution in [0.25, 0.3) is 0 Å². The first kappa shape index (κ1) is 13.5. The summed E-state index contributed by atoms with van der Waals surface area (Å²) < 4.78 is 52.3. The molecule has 0 aliphatic rings. The van der Waals surface area contributed by atoms with Gasteiger partial charge in [-0.1, -0.05) is 11.6 Å². The summed E-state index contributed by atoms with van der Waals surface area (Å²) in [6.45, 7) is 0. The number of rotatable bonds is 2. The number of hydrogen-bond donors (Lipinski definition) is 2. The van der Waals surface area contributed by atoms with Crippen LogP contribution in [0.3, 0.4) is 0 Å². The van der Waals surface area contributed by atoms with Gasteiger partial charge < -0.3 is 11.1 Å². The topological polar surface area (TPSA) is 38.0 Å². The van der Waals surface area contributed by atoms with Crippen molar-refractivity contribution in [3.05, 3.63) is 52.6 Å². The van der Waals surface area contributed by atoms with Crippen molar-refractivity contribution in [1.29, 1.82) is 0 Å². The van der Waals surface area contributed by atoms with Crippen LogP contribution in [0, 0.1) is 23.3 Å². The Labute approximate surface area is 110 Å². The highest BCUT2D eigenvalue weighted by molar-refractivity contribution is 6.31. The minimum absolute atomic E-state index is 0.0500. The molecule has 0 spiro atoms. The monoisotopic (exact) mass is 290 g/mol. The van der Waals surface area contributed by atoms with Gasteiger partial charge in [0, 0.05) is 6.07 Å². The molecule has 0 bridgehead atoms. The van der Waals surface area contributed by atoms with Crippen molar-refractivity contribution in [3.63, 3.8) is 0 Å². The van der Waals surface area contributed by atoms with Gasteiger partial charge in [-0.3, -0.25) is 0 Å². The van der Waals surface area contributed by atoms with Gasteiger partial charge in [0.25, 0.3) is 0 Å². The zero-order chi connectivity index (χ0) is 14.2. The van der Waals surface area contributed by atoms with Crippen LogP contribution >= 0.6 is 11.6 Å². The standard InChI is InChI=1S/C12H7ClF4N2/c13-5-3-10(8(18)4-7(5)15)19-9-2-1-6(14)11(16)12(9)17/h1-4,19H,18H2. The summed E-state index contributed by atoms with van der Waals surface area (Å²) in [6, 6.07) is 3.79. The molecule has 2 aromatic rings. The Bertz CT molecular complexity index is 646. The summed E-state index contributed by atoms with van der Waals surface area (Å²) in [4.78, 5) is 0. The van der Waals surface area contributed by atoms with E-state index in [9.17, 15) is 17.6 Å². The average molecular weight is 291 g/mol. The Kier molecular flexibility index (Phi) is 3.53. The molecule has 2 nitrogen and oxygen atoms in total. The lowest BCUT2D eigenvalue weighted by molar-refractivity contribution is 0.449. The van der Waals surface area contributed by atoms with Gasteiger partial charge >= 0.3 is 0 Å². The summed E-state index contributed by atoms with van der Waals surface area (Å²) in [5.74, 6) is -5.07. The number of halogens is 5. The first-order valence-corrected chi connectivity index (χ1v) is 5.43. The summed E-state index contributed by atoms with van der Waals surface area (Å²) in [5.41, 5.74) is 5.20. The minimum atomic E-state index is -1.61. The fraction of sp³-hybridized carbons (Fsp3) is 0. The highest BCUT2D eigenvalue weighted by Gasteiger charge is 2.15. The maximum absolute atomic E-state index is 13.4. The molecule has 2 rings (SSSR count). The second kappa shape index (κ2) is 4.97. The zero-order valence-electron chi connectivity index (χ0n) is 9.28. The van der Waals surface area contributed by atoms with E-state index in [1.165, 1.54) is 0 Å². The summed E-state index contributed by atoms with van der Waals surface area (Å²) in [7, 11) is 0. The fourth-order valence-corrected chi connectivity index (χ4v) is 1.60. The quantitative estimate of drug-likeness (QED) is 0.494. The van der Waals surface area contributed by atoms with E-state index in [0.29, 0.717) is 0 Å². The van der Waals surface area contributed by atoms with Gasteiger partial charge in [-0.05, 0) is 18.2 Å². The molecule has 0 heterocycles. The van der Waals surface area contributed by atoms with E-state index in [4.69, 9.17) is 17.3 Å². The molecule has 0 amide bonds. The zero-order valence-corrected chi connectivity index (χ0v) is 10.0. The molecule has 0 radical (unpaired) electrons. The Balaban J connectivity index is 2.42. The van der Waals surface area contributed by atoms with Crippen molar-refractivity contribution >= 4 is 28.7 Å². The van der Waals surface area contributed by atoms with Gasteiger partial charge in [-0.25, -0.2) is 17.6 Å². The lowest BCUT2D eigenvalue weighted by atomic mass is 10.2. The van der Waals surface area contributed by atoms with Crippen LogP contribution in [-0.2, 0) is 0 Å². The molecule has 0 aromatic heterocycles. The molecule has 7 heteroatoms. The summed E-state index contributed by atoms with van der Waals surface area (Å²) in [6.07, 6.45) is 0. The summed E-state index contributed by atoms with van der Waals surface area (Å²) >= 11 is 5.55. The minimum Gasteiger partial charge on any atom is -0.397 e. The van der Waals surface area contributed by atoms with Crippen LogP contribution in [0.1, 0.15) is 0 Å². The fourth-order valence-electron chi connectivity index (χ4n) is 1.44. The van der Waals surface area contributed by atoms with Gasteiger partial charge in [0.15, 0.2) is 17.5 Å². The van der Waals surface area contributed by atoms with E-state index in [2.05, 4.69) is 5.32 Å². The number of nitrogens with one attached hydrogen (secondary N) is 1. The Morgan fingerprint density at radius 2 is 1.58 bits per heavy atom. The smallest absolute Gasteiger partial charge is 0.196 e. The van der Waals surface area contributed by atoms with Gasteiger partial charge in [0.05, 0.1) is 22.1 Å². The van der Waals surface area contributed by atoms with Crippen LogP contribution in [-0.4, -0.2) is 0 Å². The van der Waals surface area contributed by atoms with Gasteiger partial charge in [0.1, 0.15) is 5.82 Å². The number of benzene rings is 2. The number of hydrogen-bond acceptors (Lipinski definition) is 2. The average Bonchev–Trinajstić information content (AvgIpc) is 2.36. The van der Waals surface area contributed by atoms with Crippen LogP contribution < -0.4 is 11.1 Å². The maximum Gasteiger partial charge on any atom is 0.196 e. The molecule has 0 atom stereocenters. The number of nitrogens with two attached hydrogens (primary N) is 1. The molecule has 2 aromatic carbocycles. The molecule has 0 aliphatic heterocycles. The van der Waals surface area contributed by atoms with Crippen molar-refractivity contribution in [1.82, 2.24) is 0 Å². The molecular formula is C12H7ClF4N2. The van der Waals surface area contributed by atoms with Crippen LogP contribution in [0.2, 0.25) is 5.02 Å². The Morgan fingerprint density at radius 1 is 0.895 bits per heavy atom. The highest BCUT2D eigenvalue weighted by atomic mass is 35.5. The van der Waals surface area contributed by atoms with E-state index in [-0.39, 0.29) is 22.1 Å². The third-order valence-electron chi connectivity index (χ3n) is 2.40. The van der Waals surface area contributed by atoms with Gasteiger partial charge in [-0.2, -0.15) is 0 Å². The van der Waals surface area contributed by atoms with Crippen LogP contribution in [0.5, 0.6) is 0 Å². The van der Waals surface area contributed by atoms with Gasteiger partial charge in [0.2, 0.25) is 0 Å². The lowest BCUT2D eigenvalue weighted by Crippen LogP contribution is -2.02. The molecule has 0 saturated heterocycles. The molecule has 0 saturated carbocycles. The predicted molar refractivity (Wildman–Crippen MR) is 65.4 cm³/mol. The van der Waals surface area contributed by atoms with E-state index in [0.717, 1.165) is 24.3 Å². The number of anilines is 3. The lowest BCUT2D eigenvalue weighted by Gasteiger charge is -2.11. The SMILES string of the molecule is Nc1cc(F)c(Cl)cc1Nc1ccc(F)c(F)c1F. The van der Waals surface area contributed by atoms with Crippen molar-refractivity contribution in [2.75, 3.05) is 11.1 Å². The number of nitrogen functional groups attached to an aromatic ring is 1. The molecule has 0 unspecified atom stereocenters. The van der Waals surface area contributed by atoms with E-state index >= 15 is 0 Å². The second-order valence-electron chi connectivity index (χ2n) is 3.70. The molecule has 100 valence electrons. The van der Waals surface area contributed by atoms with E-state index in [1.54, 1.807) is 0 Å². The molecule has 3 N–H and O–H groups in total. The third kappa shape index (κ3) is 2.58. The van der Waals surface area contributed by atoms with E-state index < -0.39 is 23.3 Å². The first-order chi connectivity index (χ1) is 8.90. The van der Waals surface area contributed by atoms with Crippen LogP contribution in [0.4, 0.5) is 34.6 Å². The Morgan fingerprint density at radius 3 is 2.26 bits per heavy atom. The second-order valence-corrected chi connectivity index (χ2v) is 4.11. The van der Waals surface area contributed by atoms with Crippen molar-refractivity contribution < 1.29 is 17.6 Å². The Hall–Kier alpha value is -1.95. The van der Waals surface area contributed by atoms with E-state index in [1.807, 2.05) is 0 Å². The van der Waals surface area contributed by atoms with Crippen molar-refractivity contribution in [2.24, 2.45) is 0 Å². The maximum atomic E-state index is 13.4. The van der Waals surface area contributed by atoms with Crippen molar-refractivity contribution in [3.8, 4) is 0 Å². The summed E-state index contributed by atoms with van der Waals surface area (Å²) in [5, 5.41) is 2.18. The highest BCUT2D eigenvalue weighted by Crippen LogP contribution is 2.30. The molecule has 0 fully saturated rings.